The Morgan fingerprint density at radius 3 is 1.78 bits per heavy atom. The number of aromatic nitrogens is 1. The summed E-state index contributed by atoms with van der Waals surface area (Å²) in [5.41, 5.74) is 1.19. The summed E-state index contributed by atoms with van der Waals surface area (Å²) in [6.07, 6.45) is 1.27. The lowest BCUT2D eigenvalue weighted by Crippen LogP contribution is -2.31. The second-order valence-corrected chi connectivity index (χ2v) is 9.03. The lowest BCUT2D eigenvalue weighted by atomic mass is 10.2. The van der Waals surface area contributed by atoms with Crippen molar-refractivity contribution in [2.75, 3.05) is 20.8 Å². The predicted molar refractivity (Wildman–Crippen MR) is 120 cm³/mol. The fourth-order valence-corrected chi connectivity index (χ4v) is 4.63. The van der Waals surface area contributed by atoms with Gasteiger partial charge in [-0.05, 0) is 41.5 Å². The fraction of sp³-hybridized carbons (Fsp3) is 0.261. The van der Waals surface area contributed by atoms with Gasteiger partial charge in [0, 0.05) is 31.9 Å². The summed E-state index contributed by atoms with van der Waals surface area (Å²) in [6.45, 7) is -0.0149. The van der Waals surface area contributed by atoms with E-state index < -0.39 is 10.0 Å². The zero-order chi connectivity index (χ0) is 23.1. The molecule has 3 rings (SSSR count). The summed E-state index contributed by atoms with van der Waals surface area (Å²) in [7, 11) is -0.824. The summed E-state index contributed by atoms with van der Waals surface area (Å²) in [5.74, 6) is 1.35. The van der Waals surface area contributed by atoms with E-state index in [1.54, 1.807) is 38.5 Å². The van der Waals surface area contributed by atoms with Crippen molar-refractivity contribution in [3.8, 4) is 11.5 Å². The smallest absolute Gasteiger partial charge is 0.250 e. The molecule has 0 spiro atoms. The molecule has 170 valence electrons. The van der Waals surface area contributed by atoms with Crippen LogP contribution in [-0.2, 0) is 29.7 Å². The van der Waals surface area contributed by atoms with Crippen molar-refractivity contribution in [3.63, 3.8) is 0 Å². The molecule has 9 heteroatoms. The zero-order valence-corrected chi connectivity index (χ0v) is 18.8. The Balaban J connectivity index is 1.98. The molecule has 0 radical (unpaired) electrons. The number of ether oxygens (including phenoxy) is 2. The van der Waals surface area contributed by atoms with Crippen LogP contribution < -0.4 is 15.0 Å². The summed E-state index contributed by atoms with van der Waals surface area (Å²) in [5, 5.41) is 9.18. The molecule has 0 bridgehead atoms. The summed E-state index contributed by atoms with van der Waals surface area (Å²) < 4.78 is 40.0. The highest BCUT2D eigenvalue weighted by Crippen LogP contribution is 2.23. The molecule has 0 atom stereocenters. The van der Waals surface area contributed by atoms with Crippen LogP contribution in [-0.4, -0.2) is 43.2 Å². The third-order valence-electron chi connectivity index (χ3n) is 4.97. The van der Waals surface area contributed by atoms with Gasteiger partial charge in [-0.15, -0.1) is 0 Å². The first-order chi connectivity index (χ1) is 15.4. The van der Waals surface area contributed by atoms with Crippen LogP contribution in [0, 0.1) is 0 Å². The van der Waals surface area contributed by atoms with Crippen LogP contribution in [0.2, 0.25) is 0 Å². The Hall–Kier alpha value is -3.14. The molecule has 0 aliphatic carbocycles. The maximum Gasteiger partial charge on any atom is 0.250 e. The van der Waals surface area contributed by atoms with Crippen LogP contribution in [0.3, 0.4) is 0 Å². The van der Waals surface area contributed by atoms with E-state index in [9.17, 15) is 18.3 Å². The van der Waals surface area contributed by atoms with Gasteiger partial charge in [-0.25, -0.2) is 8.42 Å². The topological polar surface area (TPSA) is 98.1 Å². The van der Waals surface area contributed by atoms with Crippen molar-refractivity contribution >= 4 is 10.0 Å². The third-order valence-corrected chi connectivity index (χ3v) is 6.75. The number of aliphatic hydroxyl groups is 1. The van der Waals surface area contributed by atoms with Gasteiger partial charge >= 0.3 is 0 Å². The minimum atomic E-state index is -3.96. The molecule has 1 N–H and O–H groups in total. The van der Waals surface area contributed by atoms with E-state index in [-0.39, 0.29) is 36.7 Å². The van der Waals surface area contributed by atoms with Crippen LogP contribution in [0.1, 0.15) is 11.1 Å². The average Bonchev–Trinajstić information content (AvgIpc) is 2.81. The van der Waals surface area contributed by atoms with Gasteiger partial charge in [-0.1, -0.05) is 24.3 Å². The van der Waals surface area contributed by atoms with Gasteiger partial charge in [0.25, 0.3) is 5.56 Å². The quantitative estimate of drug-likeness (QED) is 0.500. The third kappa shape index (κ3) is 5.56. The fourth-order valence-electron chi connectivity index (χ4n) is 3.19. The van der Waals surface area contributed by atoms with Crippen LogP contribution in [0.4, 0.5) is 0 Å². The number of pyridine rings is 1. The van der Waals surface area contributed by atoms with Crippen molar-refractivity contribution in [2.24, 2.45) is 0 Å². The van der Waals surface area contributed by atoms with Crippen LogP contribution in [0.15, 0.2) is 76.6 Å². The Morgan fingerprint density at radius 2 is 1.34 bits per heavy atom. The monoisotopic (exact) mass is 458 g/mol. The Morgan fingerprint density at radius 1 is 0.844 bits per heavy atom. The number of benzene rings is 2. The summed E-state index contributed by atoms with van der Waals surface area (Å²) in [6, 6.07) is 16.8. The van der Waals surface area contributed by atoms with Crippen LogP contribution in [0.5, 0.6) is 11.5 Å². The standard InChI is InChI=1S/C23H26N2O6S/c1-30-20-7-3-18(4-8-20)15-25(16-19-5-9-21(31-2)10-6-19)32(28,29)22-11-12-23(27)24(17-22)13-14-26/h3-12,17,26H,13-16H2,1-2H3. The van der Waals surface area contributed by atoms with Gasteiger partial charge in [-0.2, -0.15) is 4.31 Å². The van der Waals surface area contributed by atoms with Crippen molar-refractivity contribution in [3.05, 3.63) is 88.3 Å². The molecular formula is C23H26N2O6S. The molecule has 3 aromatic rings. The van der Waals surface area contributed by atoms with E-state index in [0.717, 1.165) is 11.1 Å². The number of aliphatic hydroxyl groups excluding tert-OH is 1. The second-order valence-electron chi connectivity index (χ2n) is 7.09. The highest BCUT2D eigenvalue weighted by atomic mass is 32.2. The van der Waals surface area contributed by atoms with Crippen LogP contribution >= 0.6 is 0 Å². The Kier molecular flexibility index (Phi) is 7.68. The lowest BCUT2D eigenvalue weighted by Gasteiger charge is -2.23. The van der Waals surface area contributed by atoms with Crippen LogP contribution in [0.25, 0.3) is 0 Å². The molecule has 2 aromatic carbocycles. The maximum atomic E-state index is 13.6. The molecule has 0 saturated heterocycles. The number of hydrogen-bond donors (Lipinski definition) is 1. The van der Waals surface area contributed by atoms with Crippen molar-refractivity contribution in [1.82, 2.24) is 8.87 Å². The normalized spacial score (nSPS) is 11.5. The van der Waals surface area contributed by atoms with E-state index in [0.29, 0.717) is 11.5 Å². The molecule has 32 heavy (non-hydrogen) atoms. The first-order valence-corrected chi connectivity index (χ1v) is 11.4. The number of methoxy groups -OCH3 is 2. The molecular weight excluding hydrogens is 432 g/mol. The Bertz CT molecular complexity index is 1140. The average molecular weight is 459 g/mol. The molecule has 1 aromatic heterocycles. The molecule has 8 nitrogen and oxygen atoms in total. The molecule has 0 amide bonds. The molecule has 0 aliphatic heterocycles. The molecule has 1 heterocycles. The summed E-state index contributed by atoms with van der Waals surface area (Å²) in [4.78, 5) is 12.0. The van der Waals surface area contributed by atoms with Gasteiger partial charge in [-0.3, -0.25) is 4.79 Å². The first-order valence-electron chi connectivity index (χ1n) is 9.94. The van der Waals surface area contributed by atoms with Gasteiger partial charge in [0.1, 0.15) is 11.5 Å². The lowest BCUT2D eigenvalue weighted by molar-refractivity contribution is 0.273. The SMILES string of the molecule is COc1ccc(CN(Cc2ccc(OC)cc2)S(=O)(=O)c2ccc(=O)n(CCO)c2)cc1. The van der Waals surface area contributed by atoms with Gasteiger partial charge in [0.2, 0.25) is 10.0 Å². The van der Waals surface area contributed by atoms with E-state index in [1.165, 1.54) is 27.2 Å². The highest BCUT2D eigenvalue weighted by molar-refractivity contribution is 7.89. The minimum Gasteiger partial charge on any atom is -0.497 e. The van der Waals surface area contributed by atoms with Crippen molar-refractivity contribution in [2.45, 2.75) is 24.5 Å². The van der Waals surface area contributed by atoms with E-state index in [1.807, 2.05) is 24.3 Å². The molecule has 0 aliphatic rings. The molecule has 0 saturated carbocycles. The predicted octanol–water partition coefficient (Wildman–Crippen LogP) is 2.25. The highest BCUT2D eigenvalue weighted by Gasteiger charge is 2.26. The zero-order valence-electron chi connectivity index (χ0n) is 18.0. The van der Waals surface area contributed by atoms with E-state index in [2.05, 4.69) is 0 Å². The molecule has 0 fully saturated rings. The number of nitrogens with zero attached hydrogens (tertiary/aromatic N) is 2. The minimum absolute atomic E-state index is 0.0130. The van der Waals surface area contributed by atoms with Gasteiger partial charge in [0.15, 0.2) is 0 Å². The second kappa shape index (κ2) is 10.4. The maximum absolute atomic E-state index is 13.6. The van der Waals surface area contributed by atoms with E-state index in [4.69, 9.17) is 9.47 Å². The number of sulfonamides is 1. The first kappa shape index (κ1) is 23.5. The molecule has 0 unspecified atom stereocenters. The van der Waals surface area contributed by atoms with Crippen molar-refractivity contribution < 1.29 is 23.0 Å². The largest absolute Gasteiger partial charge is 0.497 e. The van der Waals surface area contributed by atoms with Gasteiger partial charge in [0.05, 0.1) is 25.7 Å². The number of hydrogen-bond acceptors (Lipinski definition) is 6. The van der Waals surface area contributed by atoms with Gasteiger partial charge < -0.3 is 19.1 Å². The summed E-state index contributed by atoms with van der Waals surface area (Å²) >= 11 is 0. The van der Waals surface area contributed by atoms with E-state index >= 15 is 0 Å². The number of rotatable bonds is 10. The van der Waals surface area contributed by atoms with Crippen molar-refractivity contribution in [1.29, 1.82) is 0 Å². The Labute approximate surface area is 187 Å².